The highest BCUT2D eigenvalue weighted by Gasteiger charge is 2.05. The second-order valence-corrected chi connectivity index (χ2v) is 6.70. The summed E-state index contributed by atoms with van der Waals surface area (Å²) in [4.78, 5) is 4.58. The molecule has 106 valence electrons. The van der Waals surface area contributed by atoms with Crippen molar-refractivity contribution in [2.45, 2.75) is 13.8 Å². The molecule has 3 aromatic rings. The molecule has 2 aromatic carbocycles. The van der Waals surface area contributed by atoms with Crippen LogP contribution in [0.4, 0.5) is 5.13 Å². The van der Waals surface area contributed by atoms with Crippen LogP contribution in [0.3, 0.4) is 0 Å². The number of hydrogen-bond donors (Lipinski definition) is 1. The van der Waals surface area contributed by atoms with Crippen molar-refractivity contribution >= 4 is 48.3 Å². The number of nitrogens with one attached hydrogen (secondary N) is 1. The number of thiazole rings is 1. The molecule has 21 heavy (non-hydrogen) atoms. The van der Waals surface area contributed by atoms with Gasteiger partial charge < -0.3 is 0 Å². The highest BCUT2D eigenvalue weighted by molar-refractivity contribution is 9.10. The Bertz CT molecular complexity index is 806. The molecule has 0 atom stereocenters. The van der Waals surface area contributed by atoms with Crippen molar-refractivity contribution in [3.8, 4) is 0 Å². The Kier molecular flexibility index (Phi) is 4.03. The first-order valence-electron chi connectivity index (χ1n) is 6.56. The molecule has 0 spiro atoms. The van der Waals surface area contributed by atoms with E-state index in [0.29, 0.717) is 0 Å². The van der Waals surface area contributed by atoms with Crippen LogP contribution in [0, 0.1) is 6.92 Å². The summed E-state index contributed by atoms with van der Waals surface area (Å²) in [5.41, 5.74) is 7.30. The first-order valence-corrected chi connectivity index (χ1v) is 8.17. The van der Waals surface area contributed by atoms with Gasteiger partial charge in [0.15, 0.2) is 0 Å². The predicted molar refractivity (Wildman–Crippen MR) is 94.3 cm³/mol. The number of rotatable bonds is 3. The highest BCUT2D eigenvalue weighted by Crippen LogP contribution is 2.27. The van der Waals surface area contributed by atoms with Gasteiger partial charge in [-0.25, -0.2) is 4.98 Å². The van der Waals surface area contributed by atoms with Crippen molar-refractivity contribution < 1.29 is 0 Å². The Morgan fingerprint density at radius 2 is 1.95 bits per heavy atom. The number of hydrogen-bond acceptors (Lipinski definition) is 4. The maximum absolute atomic E-state index is 4.58. The molecule has 0 unspecified atom stereocenters. The number of anilines is 1. The van der Waals surface area contributed by atoms with Crippen molar-refractivity contribution in [2.75, 3.05) is 5.43 Å². The lowest BCUT2D eigenvalue weighted by atomic mass is 10.1. The van der Waals surface area contributed by atoms with Gasteiger partial charge in [0, 0.05) is 4.47 Å². The van der Waals surface area contributed by atoms with Gasteiger partial charge in [0.2, 0.25) is 5.13 Å². The van der Waals surface area contributed by atoms with E-state index >= 15 is 0 Å². The number of fused-ring (bicyclic) bond motifs is 1. The number of aryl methyl sites for hydroxylation is 1. The first kappa shape index (κ1) is 14.2. The van der Waals surface area contributed by atoms with Crippen LogP contribution >= 0.6 is 27.3 Å². The van der Waals surface area contributed by atoms with E-state index < -0.39 is 0 Å². The highest BCUT2D eigenvalue weighted by atomic mass is 79.9. The number of aromatic nitrogens is 1. The standard InChI is InChI=1S/C16H14BrN3S/c1-10-4-3-5-14-15(10)18-16(21-14)20-19-11(2)12-6-8-13(17)9-7-12/h3-9H,1-2H3,(H,18,20)/b19-11-. The number of benzene rings is 2. The van der Waals surface area contributed by atoms with E-state index in [1.807, 2.05) is 31.2 Å². The van der Waals surface area contributed by atoms with E-state index in [2.05, 4.69) is 56.6 Å². The average Bonchev–Trinajstić information content (AvgIpc) is 2.90. The zero-order chi connectivity index (χ0) is 14.8. The molecule has 3 nitrogen and oxygen atoms in total. The normalized spacial score (nSPS) is 11.9. The zero-order valence-electron chi connectivity index (χ0n) is 11.7. The van der Waals surface area contributed by atoms with E-state index in [1.54, 1.807) is 11.3 Å². The van der Waals surface area contributed by atoms with Crippen molar-refractivity contribution in [2.24, 2.45) is 5.10 Å². The third-order valence-electron chi connectivity index (χ3n) is 3.20. The SMILES string of the molecule is C/C(=N/Nc1nc2c(C)cccc2s1)c1ccc(Br)cc1. The molecule has 3 rings (SSSR count). The second-order valence-electron chi connectivity index (χ2n) is 4.76. The third-order valence-corrected chi connectivity index (χ3v) is 4.66. The molecule has 0 aliphatic carbocycles. The van der Waals surface area contributed by atoms with Crippen LogP contribution in [0.25, 0.3) is 10.2 Å². The molecule has 0 aliphatic rings. The van der Waals surface area contributed by atoms with Crippen molar-refractivity contribution in [1.29, 1.82) is 0 Å². The van der Waals surface area contributed by atoms with Gasteiger partial charge in [-0.3, -0.25) is 5.43 Å². The summed E-state index contributed by atoms with van der Waals surface area (Å²) in [5, 5.41) is 5.23. The summed E-state index contributed by atoms with van der Waals surface area (Å²) in [7, 11) is 0. The number of nitrogens with zero attached hydrogens (tertiary/aromatic N) is 2. The van der Waals surface area contributed by atoms with Crippen LogP contribution in [0.5, 0.6) is 0 Å². The summed E-state index contributed by atoms with van der Waals surface area (Å²) in [5.74, 6) is 0. The summed E-state index contributed by atoms with van der Waals surface area (Å²) in [6.07, 6.45) is 0. The van der Waals surface area contributed by atoms with Crippen molar-refractivity contribution in [3.05, 3.63) is 58.1 Å². The molecule has 0 saturated carbocycles. The molecule has 5 heteroatoms. The molecule has 1 N–H and O–H groups in total. The van der Waals surface area contributed by atoms with Crippen LogP contribution in [0.1, 0.15) is 18.1 Å². The molecule has 0 bridgehead atoms. The lowest BCUT2D eigenvalue weighted by molar-refractivity contribution is 1.28. The molecular formula is C16H14BrN3S. The maximum Gasteiger partial charge on any atom is 0.204 e. The van der Waals surface area contributed by atoms with Gasteiger partial charge in [0.25, 0.3) is 0 Å². The quantitative estimate of drug-likeness (QED) is 0.515. The monoisotopic (exact) mass is 359 g/mol. The number of para-hydroxylation sites is 1. The van der Waals surface area contributed by atoms with Gasteiger partial charge in [-0.05, 0) is 43.2 Å². The van der Waals surface area contributed by atoms with Gasteiger partial charge in [0.05, 0.1) is 15.9 Å². The van der Waals surface area contributed by atoms with Crippen LogP contribution in [0.2, 0.25) is 0 Å². The van der Waals surface area contributed by atoms with Crippen LogP contribution in [-0.4, -0.2) is 10.7 Å². The van der Waals surface area contributed by atoms with Crippen molar-refractivity contribution in [3.63, 3.8) is 0 Å². The van der Waals surface area contributed by atoms with E-state index in [-0.39, 0.29) is 0 Å². The number of halogens is 1. The first-order chi connectivity index (χ1) is 10.1. The summed E-state index contributed by atoms with van der Waals surface area (Å²) in [6, 6.07) is 14.3. The van der Waals surface area contributed by atoms with Crippen LogP contribution < -0.4 is 5.43 Å². The summed E-state index contributed by atoms with van der Waals surface area (Å²) >= 11 is 5.05. The summed E-state index contributed by atoms with van der Waals surface area (Å²) in [6.45, 7) is 4.05. The van der Waals surface area contributed by atoms with Gasteiger partial charge in [-0.15, -0.1) is 0 Å². The molecule has 0 radical (unpaired) electrons. The number of hydrazone groups is 1. The minimum Gasteiger partial charge on any atom is -0.252 e. The molecule has 0 aliphatic heterocycles. The van der Waals surface area contributed by atoms with Gasteiger partial charge in [-0.2, -0.15) is 5.10 Å². The lowest BCUT2D eigenvalue weighted by Gasteiger charge is -2.01. The minimum atomic E-state index is 0.816. The fraction of sp³-hybridized carbons (Fsp3) is 0.125. The predicted octanol–water partition coefficient (Wildman–Crippen LogP) is 5.20. The maximum atomic E-state index is 4.58. The second kappa shape index (κ2) is 5.95. The van der Waals surface area contributed by atoms with Crippen molar-refractivity contribution in [1.82, 2.24) is 4.98 Å². The fourth-order valence-electron chi connectivity index (χ4n) is 2.02. The fourth-order valence-corrected chi connectivity index (χ4v) is 3.17. The molecule has 0 saturated heterocycles. The van der Waals surface area contributed by atoms with Gasteiger partial charge >= 0.3 is 0 Å². The molecular weight excluding hydrogens is 346 g/mol. The Morgan fingerprint density at radius 3 is 2.67 bits per heavy atom. The van der Waals surface area contributed by atoms with Crippen LogP contribution in [0.15, 0.2) is 52.0 Å². The Hall–Kier alpha value is -1.72. The average molecular weight is 360 g/mol. The molecule has 1 heterocycles. The zero-order valence-corrected chi connectivity index (χ0v) is 14.1. The Morgan fingerprint density at radius 1 is 1.19 bits per heavy atom. The molecule has 0 amide bonds. The van der Waals surface area contributed by atoms with Gasteiger partial charge in [0.1, 0.15) is 0 Å². The lowest BCUT2D eigenvalue weighted by Crippen LogP contribution is -1.99. The van der Waals surface area contributed by atoms with Crippen LogP contribution in [-0.2, 0) is 0 Å². The van der Waals surface area contributed by atoms with E-state index in [9.17, 15) is 0 Å². The Balaban J connectivity index is 1.83. The molecule has 1 aromatic heterocycles. The van der Waals surface area contributed by atoms with E-state index in [4.69, 9.17) is 0 Å². The smallest absolute Gasteiger partial charge is 0.204 e. The molecule has 0 fully saturated rings. The van der Waals surface area contributed by atoms with E-state index in [1.165, 1.54) is 10.3 Å². The topological polar surface area (TPSA) is 37.3 Å². The summed E-state index contributed by atoms with van der Waals surface area (Å²) < 4.78 is 2.24. The van der Waals surface area contributed by atoms with Gasteiger partial charge in [-0.1, -0.05) is 51.5 Å². The largest absolute Gasteiger partial charge is 0.252 e. The van der Waals surface area contributed by atoms with E-state index in [0.717, 1.165) is 26.4 Å². The Labute approximate surface area is 135 Å². The minimum absolute atomic E-state index is 0.816. The third kappa shape index (κ3) is 3.14.